The molecule has 1 aromatic heterocycles. The monoisotopic (exact) mass is 480 g/mol. The number of rotatable bonds is 5. The van der Waals surface area contributed by atoms with E-state index in [1.54, 1.807) is 23.1 Å². The average molecular weight is 481 g/mol. The lowest BCUT2D eigenvalue weighted by Gasteiger charge is -2.35. The molecule has 0 spiro atoms. The molecule has 2 aliphatic heterocycles. The molecule has 9 heteroatoms. The highest BCUT2D eigenvalue weighted by Crippen LogP contribution is 2.21. The van der Waals surface area contributed by atoms with Crippen LogP contribution in [0.4, 0.5) is 0 Å². The minimum atomic E-state index is -3.64. The summed E-state index contributed by atoms with van der Waals surface area (Å²) < 4.78 is 32.6. The summed E-state index contributed by atoms with van der Waals surface area (Å²) >= 11 is 0. The zero-order valence-electron chi connectivity index (χ0n) is 19.0. The Kier molecular flexibility index (Phi) is 6.60. The van der Waals surface area contributed by atoms with Crippen LogP contribution < -0.4 is 0 Å². The number of amides is 1. The Balaban J connectivity index is 1.24. The van der Waals surface area contributed by atoms with Crippen LogP contribution in [0.3, 0.4) is 0 Å². The van der Waals surface area contributed by atoms with Crippen LogP contribution in [0.5, 0.6) is 0 Å². The highest BCUT2D eigenvalue weighted by Gasteiger charge is 2.28. The molecule has 0 saturated carbocycles. The number of morpholine rings is 1. The second-order valence-corrected chi connectivity index (χ2v) is 10.5. The summed E-state index contributed by atoms with van der Waals surface area (Å²) in [5.74, 6) is -0.134. The van der Waals surface area contributed by atoms with Crippen LogP contribution in [-0.2, 0) is 21.3 Å². The first-order chi connectivity index (χ1) is 16.5. The second-order valence-electron chi connectivity index (χ2n) is 8.60. The van der Waals surface area contributed by atoms with Gasteiger partial charge in [-0.2, -0.15) is 4.31 Å². The van der Waals surface area contributed by atoms with E-state index in [0.717, 1.165) is 30.5 Å². The number of hydrogen-bond donors (Lipinski definition) is 0. The van der Waals surface area contributed by atoms with Crippen molar-refractivity contribution in [3.63, 3.8) is 0 Å². The van der Waals surface area contributed by atoms with Crippen LogP contribution in [0.2, 0.25) is 0 Å². The molecule has 2 fully saturated rings. The van der Waals surface area contributed by atoms with Crippen molar-refractivity contribution in [2.75, 3.05) is 52.5 Å². The topological polar surface area (TPSA) is 83.0 Å². The van der Waals surface area contributed by atoms with Crippen molar-refractivity contribution in [2.45, 2.75) is 11.4 Å². The second kappa shape index (κ2) is 9.79. The molecule has 8 nitrogen and oxygen atoms in total. The van der Waals surface area contributed by atoms with E-state index < -0.39 is 10.0 Å². The first-order valence-electron chi connectivity index (χ1n) is 11.5. The molecule has 2 aromatic carbocycles. The number of nitrogens with zero attached hydrogens (tertiary/aromatic N) is 4. The molecule has 5 rings (SSSR count). The van der Waals surface area contributed by atoms with Gasteiger partial charge < -0.3 is 9.64 Å². The number of piperazine rings is 1. The van der Waals surface area contributed by atoms with E-state index in [1.807, 2.05) is 12.3 Å². The fourth-order valence-electron chi connectivity index (χ4n) is 4.55. The maximum atomic E-state index is 13.2. The van der Waals surface area contributed by atoms with E-state index in [0.29, 0.717) is 45.0 Å². The molecule has 0 bridgehead atoms. The zero-order chi connectivity index (χ0) is 23.5. The molecule has 0 radical (unpaired) electrons. The molecule has 1 amide bonds. The number of ether oxygens (including phenoxy) is 1. The van der Waals surface area contributed by atoms with Crippen LogP contribution >= 0.6 is 0 Å². The number of sulfonamides is 1. The predicted octanol–water partition coefficient (Wildman–Crippen LogP) is 2.21. The van der Waals surface area contributed by atoms with Gasteiger partial charge in [-0.1, -0.05) is 30.3 Å². The first-order valence-corrected chi connectivity index (χ1v) is 13.0. The van der Waals surface area contributed by atoms with Gasteiger partial charge in [0.15, 0.2) is 0 Å². The average Bonchev–Trinajstić information content (AvgIpc) is 2.89. The molecule has 2 saturated heterocycles. The van der Waals surface area contributed by atoms with E-state index in [-0.39, 0.29) is 10.8 Å². The van der Waals surface area contributed by atoms with Crippen LogP contribution in [0.15, 0.2) is 65.7 Å². The van der Waals surface area contributed by atoms with Crippen molar-refractivity contribution in [3.8, 4) is 0 Å². The number of benzene rings is 2. The van der Waals surface area contributed by atoms with Gasteiger partial charge in [0.25, 0.3) is 5.91 Å². The molecule has 0 N–H and O–H groups in total. The fourth-order valence-corrected chi connectivity index (χ4v) is 6.01. The maximum absolute atomic E-state index is 13.2. The number of carbonyl (C=O) groups excluding carboxylic acids is 1. The van der Waals surface area contributed by atoms with Crippen molar-refractivity contribution in [2.24, 2.45) is 0 Å². The lowest BCUT2D eigenvalue weighted by molar-refractivity contribution is 0.0628. The van der Waals surface area contributed by atoms with E-state index >= 15 is 0 Å². The summed E-state index contributed by atoms with van der Waals surface area (Å²) in [6.45, 7) is 4.90. The Morgan fingerprint density at radius 3 is 2.44 bits per heavy atom. The Hall–Kier alpha value is -2.85. The number of hydrogen-bond acceptors (Lipinski definition) is 6. The van der Waals surface area contributed by atoms with Gasteiger partial charge in [0.1, 0.15) is 0 Å². The van der Waals surface area contributed by atoms with Crippen molar-refractivity contribution in [1.29, 1.82) is 0 Å². The number of carbonyl (C=O) groups is 1. The van der Waals surface area contributed by atoms with Gasteiger partial charge >= 0.3 is 0 Å². The summed E-state index contributed by atoms with van der Waals surface area (Å²) in [6.07, 6.45) is 1.82. The van der Waals surface area contributed by atoms with Gasteiger partial charge in [-0.15, -0.1) is 0 Å². The highest BCUT2D eigenvalue weighted by atomic mass is 32.2. The Bertz CT molecular complexity index is 1280. The number of aromatic nitrogens is 1. The SMILES string of the molecule is O=C(c1cccc(S(=O)(=O)N2CCOCC2)c1)N1CCN(Cc2cccc3cccnc23)CC1. The van der Waals surface area contributed by atoms with Crippen LogP contribution in [-0.4, -0.2) is 85.9 Å². The lowest BCUT2D eigenvalue weighted by Crippen LogP contribution is -2.48. The van der Waals surface area contributed by atoms with E-state index in [4.69, 9.17) is 4.74 Å². The van der Waals surface area contributed by atoms with Crippen molar-refractivity contribution in [1.82, 2.24) is 19.1 Å². The lowest BCUT2D eigenvalue weighted by atomic mass is 10.1. The van der Waals surface area contributed by atoms with Crippen molar-refractivity contribution < 1.29 is 17.9 Å². The summed E-state index contributed by atoms with van der Waals surface area (Å²) in [7, 11) is -3.64. The molecule has 2 aliphatic rings. The highest BCUT2D eigenvalue weighted by molar-refractivity contribution is 7.89. The number of para-hydroxylation sites is 1. The van der Waals surface area contributed by atoms with Gasteiger partial charge in [0.05, 0.1) is 23.6 Å². The molecule has 0 atom stereocenters. The van der Waals surface area contributed by atoms with E-state index in [9.17, 15) is 13.2 Å². The van der Waals surface area contributed by atoms with Crippen LogP contribution in [0.25, 0.3) is 10.9 Å². The van der Waals surface area contributed by atoms with Gasteiger partial charge in [-0.3, -0.25) is 14.7 Å². The summed E-state index contributed by atoms with van der Waals surface area (Å²) in [6, 6.07) is 16.6. The Labute approximate surface area is 199 Å². The fraction of sp³-hybridized carbons (Fsp3) is 0.360. The quantitative estimate of drug-likeness (QED) is 0.557. The molecule has 178 valence electrons. The molecular formula is C25H28N4O4S. The third kappa shape index (κ3) is 4.69. The third-order valence-corrected chi connectivity index (χ3v) is 8.35. The summed E-state index contributed by atoms with van der Waals surface area (Å²) in [5.41, 5.74) is 2.60. The maximum Gasteiger partial charge on any atom is 0.253 e. The molecular weight excluding hydrogens is 452 g/mol. The number of fused-ring (bicyclic) bond motifs is 1. The smallest absolute Gasteiger partial charge is 0.253 e. The standard InChI is InChI=1S/C25H28N4O4S/c30-25(21-5-2-8-23(18-21)34(31,32)29-14-16-33-17-15-29)28-12-10-27(11-13-28)19-22-6-1-4-20-7-3-9-26-24(20)22/h1-9,18H,10-17,19H2. The first kappa shape index (κ1) is 22.9. The summed E-state index contributed by atoms with van der Waals surface area (Å²) in [5, 5.41) is 1.13. The minimum Gasteiger partial charge on any atom is -0.379 e. The van der Waals surface area contributed by atoms with Crippen molar-refractivity contribution in [3.05, 3.63) is 71.9 Å². The molecule has 0 unspecified atom stereocenters. The van der Waals surface area contributed by atoms with E-state index in [1.165, 1.54) is 15.9 Å². The minimum absolute atomic E-state index is 0.134. The van der Waals surface area contributed by atoms with E-state index in [2.05, 4.69) is 34.1 Å². The van der Waals surface area contributed by atoms with Gasteiger partial charge in [0.2, 0.25) is 10.0 Å². The summed E-state index contributed by atoms with van der Waals surface area (Å²) in [4.78, 5) is 22.0. The van der Waals surface area contributed by atoms with Crippen molar-refractivity contribution >= 4 is 26.8 Å². The van der Waals surface area contributed by atoms with Gasteiger partial charge in [-0.25, -0.2) is 8.42 Å². The Morgan fingerprint density at radius 1 is 0.912 bits per heavy atom. The van der Waals surface area contributed by atoms with Crippen LogP contribution in [0, 0.1) is 0 Å². The Morgan fingerprint density at radius 2 is 1.65 bits per heavy atom. The zero-order valence-corrected chi connectivity index (χ0v) is 19.8. The molecule has 0 aliphatic carbocycles. The third-order valence-electron chi connectivity index (χ3n) is 6.46. The normalized spacial score (nSPS) is 18.3. The van der Waals surface area contributed by atoms with Gasteiger partial charge in [0, 0.05) is 63.0 Å². The molecule has 34 heavy (non-hydrogen) atoms. The van der Waals surface area contributed by atoms with Crippen LogP contribution in [0.1, 0.15) is 15.9 Å². The molecule has 3 aromatic rings. The largest absolute Gasteiger partial charge is 0.379 e. The predicted molar refractivity (Wildman–Crippen MR) is 129 cm³/mol. The van der Waals surface area contributed by atoms with Gasteiger partial charge in [-0.05, 0) is 29.8 Å². The molecule has 3 heterocycles. The number of pyridine rings is 1.